The smallest absolute Gasteiger partial charge is 0.310 e. The van der Waals surface area contributed by atoms with E-state index in [1.165, 1.54) is 13.3 Å². The number of hydrogen-bond acceptors (Lipinski definition) is 6. The van der Waals surface area contributed by atoms with Gasteiger partial charge in [-0.25, -0.2) is 9.97 Å². The molecule has 0 atom stereocenters. The van der Waals surface area contributed by atoms with E-state index in [4.69, 9.17) is 26.7 Å². The van der Waals surface area contributed by atoms with Crippen molar-refractivity contribution >= 4 is 23.4 Å². The van der Waals surface area contributed by atoms with Gasteiger partial charge in [0.15, 0.2) is 0 Å². The van der Waals surface area contributed by atoms with Gasteiger partial charge in [0.25, 0.3) is 0 Å². The number of nitrogens with zero attached hydrogens (tertiary/aromatic N) is 3. The minimum absolute atomic E-state index is 0.312. The fraction of sp³-hybridized carbons (Fsp3) is 0.235. The minimum Gasteiger partial charge on any atom is -0.492 e. The Labute approximate surface area is 149 Å². The molecule has 0 amide bonds. The van der Waals surface area contributed by atoms with Gasteiger partial charge in [-0.05, 0) is 26.0 Å². The minimum atomic E-state index is -1.06. The molecular formula is C17H16ClN3O4. The van der Waals surface area contributed by atoms with Crippen molar-refractivity contribution in [2.75, 3.05) is 6.61 Å². The van der Waals surface area contributed by atoms with Gasteiger partial charge in [0.2, 0.25) is 0 Å². The maximum atomic E-state index is 9.87. The van der Waals surface area contributed by atoms with Crippen LogP contribution in [-0.4, -0.2) is 33.4 Å². The van der Waals surface area contributed by atoms with Crippen LogP contribution in [0.2, 0.25) is 5.15 Å². The Bertz CT molecular complexity index is 791. The summed E-state index contributed by atoms with van der Waals surface area (Å²) in [6.07, 6.45) is 1.04. The number of carboxylic acid groups (broad SMARTS) is 1. The van der Waals surface area contributed by atoms with Gasteiger partial charge in [-0.3, -0.25) is 9.59 Å². The van der Waals surface area contributed by atoms with Gasteiger partial charge >= 0.3 is 5.97 Å². The molecule has 0 radical (unpaired) electrons. The number of carbonyl (C=O) groups is 2. The van der Waals surface area contributed by atoms with Gasteiger partial charge in [0, 0.05) is 11.6 Å². The number of benzene rings is 1. The van der Waals surface area contributed by atoms with Gasteiger partial charge in [-0.2, -0.15) is 5.26 Å². The Morgan fingerprint density at radius 1 is 1.32 bits per heavy atom. The molecule has 2 aromatic rings. The predicted molar refractivity (Wildman–Crippen MR) is 91.3 cm³/mol. The fourth-order valence-corrected chi connectivity index (χ4v) is 1.90. The number of ketones is 1. The van der Waals surface area contributed by atoms with E-state index in [1.54, 1.807) is 24.3 Å². The second-order valence-corrected chi connectivity index (χ2v) is 5.14. The summed E-state index contributed by atoms with van der Waals surface area (Å²) in [5.74, 6) is -0.827. The molecule has 7 nitrogen and oxygen atoms in total. The van der Waals surface area contributed by atoms with Crippen LogP contribution < -0.4 is 4.74 Å². The molecule has 0 unspecified atom stereocenters. The van der Waals surface area contributed by atoms with E-state index in [-0.39, 0.29) is 12.2 Å². The first-order valence-electron chi connectivity index (χ1n) is 7.23. The van der Waals surface area contributed by atoms with Crippen molar-refractivity contribution < 1.29 is 19.4 Å². The number of nitriles is 1. The second kappa shape index (κ2) is 10.0. The van der Waals surface area contributed by atoms with E-state index >= 15 is 0 Å². The van der Waals surface area contributed by atoms with Gasteiger partial charge in [0.05, 0.1) is 17.9 Å². The highest BCUT2D eigenvalue weighted by atomic mass is 35.5. The van der Waals surface area contributed by atoms with Crippen molar-refractivity contribution in [3.05, 3.63) is 41.3 Å². The summed E-state index contributed by atoms with van der Waals surface area (Å²) in [5, 5.41) is 17.2. The van der Waals surface area contributed by atoms with Crippen LogP contribution in [0, 0.1) is 11.3 Å². The average molecular weight is 362 g/mol. The molecule has 2 rings (SSSR count). The van der Waals surface area contributed by atoms with Gasteiger partial charge in [-0.15, -0.1) is 0 Å². The van der Waals surface area contributed by atoms with Gasteiger partial charge in [-0.1, -0.05) is 17.7 Å². The van der Waals surface area contributed by atoms with E-state index in [0.717, 1.165) is 5.56 Å². The first-order valence-corrected chi connectivity index (χ1v) is 7.61. The molecule has 0 aliphatic rings. The third-order valence-electron chi connectivity index (χ3n) is 2.73. The predicted octanol–water partition coefficient (Wildman–Crippen LogP) is 3.12. The van der Waals surface area contributed by atoms with Crippen molar-refractivity contribution in [3.63, 3.8) is 0 Å². The van der Waals surface area contributed by atoms with Crippen LogP contribution in [0.4, 0.5) is 0 Å². The molecular weight excluding hydrogens is 346 g/mol. The number of carbonyl (C=O) groups excluding carboxylic acids is 1. The van der Waals surface area contributed by atoms with Crippen LogP contribution >= 0.6 is 11.6 Å². The monoisotopic (exact) mass is 361 g/mol. The summed E-state index contributed by atoms with van der Waals surface area (Å²) in [4.78, 5) is 27.4. The summed E-state index contributed by atoms with van der Waals surface area (Å²) in [6, 6.07) is 9.04. The normalized spacial score (nSPS) is 9.36. The fourth-order valence-electron chi connectivity index (χ4n) is 1.75. The Balaban J connectivity index is 0.000000381. The zero-order valence-electron chi connectivity index (χ0n) is 13.7. The van der Waals surface area contributed by atoms with Crippen LogP contribution in [0.1, 0.15) is 25.8 Å². The van der Waals surface area contributed by atoms with Crippen LogP contribution in [0.15, 0.2) is 30.6 Å². The summed E-state index contributed by atoms with van der Waals surface area (Å²) in [7, 11) is 0. The number of aromatic nitrogens is 2. The molecule has 8 heteroatoms. The van der Waals surface area contributed by atoms with E-state index in [1.807, 2.05) is 6.92 Å². The highest BCUT2D eigenvalue weighted by molar-refractivity contribution is 6.29. The molecule has 0 saturated carbocycles. The van der Waals surface area contributed by atoms with E-state index in [0.29, 0.717) is 28.8 Å². The number of Topliss-reactive ketones (excluding diaryl/α,β-unsaturated/α-hetero) is 1. The summed E-state index contributed by atoms with van der Waals surface area (Å²) in [5.41, 5.74) is 2.03. The quantitative estimate of drug-likeness (QED) is 0.642. The molecule has 0 spiro atoms. The number of hydrogen-bond donors (Lipinski definition) is 1. The molecule has 0 fully saturated rings. The maximum absolute atomic E-state index is 9.87. The van der Waals surface area contributed by atoms with E-state index < -0.39 is 5.97 Å². The Morgan fingerprint density at radius 3 is 2.52 bits per heavy atom. The van der Waals surface area contributed by atoms with Crippen molar-refractivity contribution in [2.24, 2.45) is 0 Å². The van der Waals surface area contributed by atoms with Crippen LogP contribution in [-0.2, 0) is 9.59 Å². The molecule has 0 aliphatic carbocycles. The number of carboxylic acids is 1. The Morgan fingerprint density at radius 2 is 2.04 bits per heavy atom. The Kier molecular flexibility index (Phi) is 8.03. The highest BCUT2D eigenvalue weighted by Gasteiger charge is 2.07. The standard InChI is InChI=1S/C13H10ClN3O.C4H6O3/c1-2-18-12-5-9(3-4-10(12)7-15)11-6-13(14)17-8-16-11;1-3(5)2-4(6)7/h3-6,8H,2H2,1H3;2H2,1H3,(H,6,7). The number of halogens is 1. The first-order chi connectivity index (χ1) is 11.9. The molecule has 1 heterocycles. The second-order valence-electron chi connectivity index (χ2n) is 4.75. The summed E-state index contributed by atoms with van der Waals surface area (Å²) < 4.78 is 5.42. The molecule has 0 saturated heterocycles. The molecule has 1 aromatic heterocycles. The van der Waals surface area contributed by atoms with Crippen molar-refractivity contribution in [3.8, 4) is 23.1 Å². The van der Waals surface area contributed by atoms with Crippen molar-refractivity contribution in [2.45, 2.75) is 20.3 Å². The summed E-state index contributed by atoms with van der Waals surface area (Å²) in [6.45, 7) is 3.62. The lowest BCUT2D eigenvalue weighted by Gasteiger charge is -2.07. The summed E-state index contributed by atoms with van der Waals surface area (Å²) >= 11 is 5.82. The third kappa shape index (κ3) is 6.97. The van der Waals surface area contributed by atoms with Crippen molar-refractivity contribution in [1.82, 2.24) is 9.97 Å². The third-order valence-corrected chi connectivity index (χ3v) is 2.94. The lowest BCUT2D eigenvalue weighted by atomic mass is 10.1. The van der Waals surface area contributed by atoms with Gasteiger partial charge < -0.3 is 9.84 Å². The zero-order valence-corrected chi connectivity index (χ0v) is 14.4. The molecule has 1 aromatic carbocycles. The maximum Gasteiger partial charge on any atom is 0.310 e. The SMILES string of the molecule is CC(=O)CC(=O)O.CCOc1cc(-c2cc(Cl)ncn2)ccc1C#N. The molecule has 130 valence electrons. The lowest BCUT2D eigenvalue weighted by Crippen LogP contribution is -2.00. The largest absolute Gasteiger partial charge is 0.492 e. The lowest BCUT2D eigenvalue weighted by molar-refractivity contribution is -0.139. The molecule has 0 bridgehead atoms. The van der Waals surface area contributed by atoms with Crippen LogP contribution in [0.5, 0.6) is 5.75 Å². The van der Waals surface area contributed by atoms with Crippen molar-refractivity contribution in [1.29, 1.82) is 5.26 Å². The number of aliphatic carboxylic acids is 1. The molecule has 0 aliphatic heterocycles. The number of rotatable bonds is 5. The highest BCUT2D eigenvalue weighted by Crippen LogP contribution is 2.26. The molecule has 1 N–H and O–H groups in total. The van der Waals surface area contributed by atoms with Gasteiger partial charge in [0.1, 0.15) is 35.5 Å². The van der Waals surface area contributed by atoms with Crippen LogP contribution in [0.3, 0.4) is 0 Å². The van der Waals surface area contributed by atoms with Crippen LogP contribution in [0.25, 0.3) is 11.3 Å². The Hall–Kier alpha value is -2.98. The first kappa shape index (κ1) is 20.1. The average Bonchev–Trinajstić information content (AvgIpc) is 2.54. The topological polar surface area (TPSA) is 113 Å². The zero-order chi connectivity index (χ0) is 18.8. The van der Waals surface area contributed by atoms with E-state index in [9.17, 15) is 9.59 Å². The number of ether oxygens (including phenoxy) is 1. The van der Waals surface area contributed by atoms with E-state index in [2.05, 4.69) is 16.0 Å². The molecule has 25 heavy (non-hydrogen) atoms.